The zero-order chi connectivity index (χ0) is 22.7. The second-order valence-corrected chi connectivity index (χ2v) is 9.34. The number of carbonyl (C=O) groups excluding carboxylic acids is 1. The maximum absolute atomic E-state index is 13.1. The van der Waals surface area contributed by atoms with E-state index in [9.17, 15) is 4.79 Å². The Kier molecular flexibility index (Phi) is 7.06. The van der Waals surface area contributed by atoms with Crippen LogP contribution in [0.15, 0.2) is 71.6 Å². The number of anilines is 1. The van der Waals surface area contributed by atoms with E-state index >= 15 is 0 Å². The summed E-state index contributed by atoms with van der Waals surface area (Å²) in [5.74, 6) is 0.893. The number of nitrogens with zero attached hydrogens (tertiary/aromatic N) is 1. The molecule has 0 aromatic heterocycles. The molecule has 0 atom stereocenters. The van der Waals surface area contributed by atoms with Gasteiger partial charge < -0.3 is 9.47 Å². The van der Waals surface area contributed by atoms with E-state index in [1.807, 2.05) is 42.5 Å². The third-order valence-electron chi connectivity index (χ3n) is 4.67. The van der Waals surface area contributed by atoms with E-state index in [0.29, 0.717) is 48.6 Å². The Balaban J connectivity index is 1.64. The fourth-order valence-corrected chi connectivity index (χ4v) is 4.74. The maximum Gasteiger partial charge on any atom is 0.270 e. The van der Waals surface area contributed by atoms with Crippen molar-refractivity contribution in [2.24, 2.45) is 0 Å². The summed E-state index contributed by atoms with van der Waals surface area (Å²) in [6.45, 7) is 0.321. The molecule has 3 aromatic rings. The van der Waals surface area contributed by atoms with Gasteiger partial charge in [0.05, 0.1) is 17.7 Å². The van der Waals surface area contributed by atoms with Gasteiger partial charge in [-0.05, 0) is 48.0 Å². The largest absolute Gasteiger partial charge is 0.493 e. The molecule has 32 heavy (non-hydrogen) atoms. The van der Waals surface area contributed by atoms with Crippen LogP contribution in [0.1, 0.15) is 11.1 Å². The first-order valence-corrected chi connectivity index (χ1v) is 11.5. The lowest BCUT2D eigenvalue weighted by molar-refractivity contribution is -0.113. The van der Waals surface area contributed by atoms with Crippen molar-refractivity contribution in [3.05, 3.63) is 92.8 Å². The fraction of sp³-hybridized carbons (Fsp3) is 0.0833. The highest BCUT2D eigenvalue weighted by Crippen LogP contribution is 2.39. The molecule has 1 amide bonds. The smallest absolute Gasteiger partial charge is 0.270 e. The molecule has 0 spiro atoms. The summed E-state index contributed by atoms with van der Waals surface area (Å²) in [6.07, 6.45) is 1.77. The fourth-order valence-electron chi connectivity index (χ4n) is 3.14. The molecule has 3 aromatic carbocycles. The van der Waals surface area contributed by atoms with Crippen molar-refractivity contribution in [3.63, 3.8) is 0 Å². The highest BCUT2D eigenvalue weighted by molar-refractivity contribution is 8.27. The Morgan fingerprint density at radius 2 is 1.78 bits per heavy atom. The predicted octanol–water partition coefficient (Wildman–Crippen LogP) is 6.99. The van der Waals surface area contributed by atoms with Crippen LogP contribution >= 0.6 is 47.2 Å². The van der Waals surface area contributed by atoms with Gasteiger partial charge in [0.2, 0.25) is 0 Å². The van der Waals surface area contributed by atoms with Gasteiger partial charge in [-0.15, -0.1) is 0 Å². The van der Waals surface area contributed by atoms with Crippen LogP contribution in [0.3, 0.4) is 0 Å². The number of amides is 1. The first-order valence-electron chi connectivity index (χ1n) is 9.54. The van der Waals surface area contributed by atoms with E-state index in [-0.39, 0.29) is 5.91 Å². The summed E-state index contributed by atoms with van der Waals surface area (Å²) in [5.41, 5.74) is 2.30. The molecule has 1 aliphatic heterocycles. The molecule has 0 aliphatic carbocycles. The first-order chi connectivity index (χ1) is 15.5. The number of ether oxygens (including phenoxy) is 2. The van der Waals surface area contributed by atoms with Gasteiger partial charge in [0, 0.05) is 15.6 Å². The van der Waals surface area contributed by atoms with Gasteiger partial charge in [0.1, 0.15) is 6.61 Å². The Morgan fingerprint density at radius 1 is 1.03 bits per heavy atom. The Labute approximate surface area is 205 Å². The van der Waals surface area contributed by atoms with Gasteiger partial charge in [0.25, 0.3) is 5.91 Å². The lowest BCUT2D eigenvalue weighted by Gasteiger charge is -2.15. The summed E-state index contributed by atoms with van der Waals surface area (Å²) in [6, 6.07) is 20.0. The van der Waals surface area contributed by atoms with Gasteiger partial charge in [0.15, 0.2) is 15.8 Å². The molecular formula is C24H17Cl2NO3S2. The summed E-state index contributed by atoms with van der Waals surface area (Å²) >= 11 is 18.7. The number of methoxy groups -OCH3 is 1. The van der Waals surface area contributed by atoms with E-state index < -0.39 is 0 Å². The van der Waals surface area contributed by atoms with Crippen molar-refractivity contribution < 1.29 is 14.3 Å². The summed E-state index contributed by atoms with van der Waals surface area (Å²) in [5, 5.41) is 1.19. The average Bonchev–Trinajstić information content (AvgIpc) is 3.06. The highest BCUT2D eigenvalue weighted by atomic mass is 35.5. The molecule has 162 valence electrons. The van der Waals surface area contributed by atoms with E-state index in [1.165, 1.54) is 16.7 Å². The van der Waals surface area contributed by atoms with Crippen molar-refractivity contribution >= 4 is 69.2 Å². The minimum atomic E-state index is -0.214. The molecule has 0 unspecified atom stereocenters. The SMILES string of the molecule is COc1cccc(/C=C2\SC(=S)N(c3cccc(Cl)c3)C2=O)c1OCc1ccc(Cl)cc1. The summed E-state index contributed by atoms with van der Waals surface area (Å²) in [7, 11) is 1.58. The summed E-state index contributed by atoms with van der Waals surface area (Å²) < 4.78 is 12.0. The van der Waals surface area contributed by atoms with Crippen LogP contribution in [0.25, 0.3) is 6.08 Å². The minimum Gasteiger partial charge on any atom is -0.493 e. The Morgan fingerprint density at radius 3 is 2.50 bits per heavy atom. The van der Waals surface area contributed by atoms with Gasteiger partial charge >= 0.3 is 0 Å². The third-order valence-corrected chi connectivity index (χ3v) is 6.46. The van der Waals surface area contributed by atoms with Crippen molar-refractivity contribution in [1.82, 2.24) is 0 Å². The van der Waals surface area contributed by atoms with Gasteiger partial charge in [-0.2, -0.15) is 0 Å². The molecule has 1 heterocycles. The van der Waals surface area contributed by atoms with Crippen LogP contribution in [0.2, 0.25) is 10.0 Å². The topological polar surface area (TPSA) is 38.8 Å². The standard InChI is InChI=1S/C24H17Cl2NO3S2/c1-29-20-7-2-4-16(22(20)30-14-15-8-10-17(25)11-9-15)12-21-23(28)27(24(31)32-21)19-6-3-5-18(26)13-19/h2-13H,14H2,1H3/b21-12-. The van der Waals surface area contributed by atoms with Crippen LogP contribution < -0.4 is 14.4 Å². The highest BCUT2D eigenvalue weighted by Gasteiger charge is 2.33. The number of carbonyl (C=O) groups is 1. The number of thiocarbonyl (C=S) groups is 1. The monoisotopic (exact) mass is 501 g/mol. The number of hydrogen-bond acceptors (Lipinski definition) is 5. The Hall–Kier alpha value is -2.51. The lowest BCUT2D eigenvalue weighted by Crippen LogP contribution is -2.27. The first kappa shape index (κ1) is 22.7. The zero-order valence-corrected chi connectivity index (χ0v) is 20.0. The van der Waals surface area contributed by atoms with Gasteiger partial charge in [-0.3, -0.25) is 9.69 Å². The third kappa shape index (κ3) is 4.94. The number of rotatable bonds is 6. The second kappa shape index (κ2) is 9.96. The number of hydrogen-bond donors (Lipinski definition) is 0. The Bertz CT molecular complexity index is 1210. The summed E-state index contributed by atoms with van der Waals surface area (Å²) in [4.78, 5) is 15.1. The van der Waals surface area contributed by atoms with E-state index in [4.69, 9.17) is 44.9 Å². The molecule has 1 saturated heterocycles. The molecule has 1 fully saturated rings. The van der Waals surface area contributed by atoms with Gasteiger partial charge in [-0.1, -0.05) is 77.5 Å². The quantitative estimate of drug-likeness (QED) is 0.269. The van der Waals surface area contributed by atoms with Crippen molar-refractivity contribution in [3.8, 4) is 11.5 Å². The predicted molar refractivity (Wildman–Crippen MR) is 136 cm³/mol. The van der Waals surface area contributed by atoms with Crippen LogP contribution in [-0.2, 0) is 11.4 Å². The molecular weight excluding hydrogens is 485 g/mol. The van der Waals surface area contributed by atoms with Crippen LogP contribution in [0.5, 0.6) is 11.5 Å². The zero-order valence-electron chi connectivity index (χ0n) is 16.9. The molecule has 4 rings (SSSR count). The lowest BCUT2D eigenvalue weighted by atomic mass is 10.1. The molecule has 8 heteroatoms. The number of para-hydroxylation sites is 1. The van der Waals surface area contributed by atoms with Crippen LogP contribution in [0.4, 0.5) is 5.69 Å². The van der Waals surface area contributed by atoms with Gasteiger partial charge in [-0.25, -0.2) is 0 Å². The second-order valence-electron chi connectivity index (χ2n) is 6.79. The van der Waals surface area contributed by atoms with Crippen molar-refractivity contribution in [1.29, 1.82) is 0 Å². The molecule has 0 saturated carbocycles. The van der Waals surface area contributed by atoms with E-state index in [1.54, 1.807) is 37.5 Å². The normalized spacial score (nSPS) is 14.8. The molecule has 4 nitrogen and oxygen atoms in total. The number of halogens is 2. The number of benzene rings is 3. The molecule has 1 aliphatic rings. The van der Waals surface area contributed by atoms with E-state index in [0.717, 1.165) is 5.56 Å². The van der Waals surface area contributed by atoms with Crippen molar-refractivity contribution in [2.45, 2.75) is 6.61 Å². The minimum absolute atomic E-state index is 0.214. The van der Waals surface area contributed by atoms with Crippen LogP contribution in [0, 0.1) is 0 Å². The molecule has 0 radical (unpaired) electrons. The average molecular weight is 502 g/mol. The maximum atomic E-state index is 13.1. The van der Waals surface area contributed by atoms with Crippen molar-refractivity contribution in [2.75, 3.05) is 12.0 Å². The van der Waals surface area contributed by atoms with Crippen LogP contribution in [-0.4, -0.2) is 17.3 Å². The molecule has 0 bridgehead atoms. The number of thioether (sulfide) groups is 1. The molecule has 0 N–H and O–H groups in total. The van der Waals surface area contributed by atoms with E-state index in [2.05, 4.69) is 0 Å².